The van der Waals surface area contributed by atoms with Crippen molar-refractivity contribution in [3.63, 3.8) is 0 Å². The molecule has 1 aliphatic rings. The first-order valence-electron chi connectivity index (χ1n) is 5.02. The fourth-order valence-electron chi connectivity index (χ4n) is 1.88. The third kappa shape index (κ3) is 2.94. The van der Waals surface area contributed by atoms with E-state index in [1.54, 1.807) is 0 Å². The predicted molar refractivity (Wildman–Crippen MR) is 50.1 cm³/mol. The molecule has 0 aliphatic heterocycles. The summed E-state index contributed by atoms with van der Waals surface area (Å²) in [5.41, 5.74) is 0. The van der Waals surface area contributed by atoms with Crippen molar-refractivity contribution >= 4 is 6.29 Å². The molecule has 0 unspecified atom stereocenters. The average Bonchev–Trinajstić information content (AvgIpc) is 2.15. The van der Waals surface area contributed by atoms with E-state index in [1.807, 2.05) is 0 Å². The molecule has 1 N–H and O–H groups in total. The third-order valence-electron chi connectivity index (χ3n) is 2.77. The van der Waals surface area contributed by atoms with Gasteiger partial charge in [0.1, 0.15) is 6.29 Å². The minimum atomic E-state index is 0.364. The molecule has 0 saturated heterocycles. The standard InChI is InChI=1S/C10H19NO/c1-2-11-7-9-3-5-10(8-12)6-4-9/h8-11H,2-7H2,1H3. The van der Waals surface area contributed by atoms with Gasteiger partial charge in [-0.3, -0.25) is 0 Å². The van der Waals surface area contributed by atoms with E-state index in [-0.39, 0.29) is 0 Å². The Hall–Kier alpha value is -0.370. The zero-order valence-corrected chi connectivity index (χ0v) is 7.88. The summed E-state index contributed by atoms with van der Waals surface area (Å²) in [5, 5.41) is 3.36. The molecule has 0 bridgehead atoms. The minimum Gasteiger partial charge on any atom is -0.317 e. The van der Waals surface area contributed by atoms with Crippen LogP contribution >= 0.6 is 0 Å². The van der Waals surface area contributed by atoms with Crippen LogP contribution in [0.2, 0.25) is 0 Å². The summed E-state index contributed by atoms with van der Waals surface area (Å²) in [6, 6.07) is 0. The Morgan fingerprint density at radius 1 is 1.33 bits per heavy atom. The van der Waals surface area contributed by atoms with Crippen LogP contribution in [0.4, 0.5) is 0 Å². The van der Waals surface area contributed by atoms with Crippen molar-refractivity contribution in [3.05, 3.63) is 0 Å². The van der Waals surface area contributed by atoms with Crippen LogP contribution in [0.3, 0.4) is 0 Å². The summed E-state index contributed by atoms with van der Waals surface area (Å²) in [6.45, 7) is 4.34. The minimum absolute atomic E-state index is 0.364. The lowest BCUT2D eigenvalue weighted by Crippen LogP contribution is -2.26. The van der Waals surface area contributed by atoms with Crippen LogP contribution in [-0.2, 0) is 4.79 Å². The Morgan fingerprint density at radius 2 is 2.00 bits per heavy atom. The maximum atomic E-state index is 10.5. The third-order valence-corrected chi connectivity index (χ3v) is 2.77. The van der Waals surface area contributed by atoms with E-state index in [0.717, 1.165) is 38.1 Å². The molecule has 0 aromatic rings. The van der Waals surface area contributed by atoms with Gasteiger partial charge in [0.05, 0.1) is 0 Å². The SMILES string of the molecule is CCNCC1CCC(C=O)CC1. The zero-order chi connectivity index (χ0) is 8.81. The highest BCUT2D eigenvalue weighted by atomic mass is 16.1. The van der Waals surface area contributed by atoms with Gasteiger partial charge in [-0.05, 0) is 44.7 Å². The van der Waals surface area contributed by atoms with Crippen molar-refractivity contribution in [1.82, 2.24) is 5.32 Å². The van der Waals surface area contributed by atoms with Crippen LogP contribution in [0.1, 0.15) is 32.6 Å². The van der Waals surface area contributed by atoms with Gasteiger partial charge in [-0.2, -0.15) is 0 Å². The first-order valence-corrected chi connectivity index (χ1v) is 5.02. The number of carbonyl (C=O) groups is 1. The van der Waals surface area contributed by atoms with Crippen molar-refractivity contribution in [1.29, 1.82) is 0 Å². The van der Waals surface area contributed by atoms with E-state index in [9.17, 15) is 4.79 Å². The quantitative estimate of drug-likeness (QED) is 0.648. The summed E-state index contributed by atoms with van der Waals surface area (Å²) in [7, 11) is 0. The molecule has 0 spiro atoms. The largest absolute Gasteiger partial charge is 0.317 e. The molecule has 0 atom stereocenters. The summed E-state index contributed by atoms with van der Waals surface area (Å²) in [4.78, 5) is 10.5. The van der Waals surface area contributed by atoms with Gasteiger partial charge >= 0.3 is 0 Å². The van der Waals surface area contributed by atoms with Crippen molar-refractivity contribution < 1.29 is 4.79 Å². The Bertz CT molecular complexity index is 128. The average molecular weight is 169 g/mol. The number of nitrogens with one attached hydrogen (secondary N) is 1. The molecule has 2 heteroatoms. The number of rotatable bonds is 4. The van der Waals surface area contributed by atoms with Crippen LogP contribution in [-0.4, -0.2) is 19.4 Å². The van der Waals surface area contributed by atoms with E-state index < -0.39 is 0 Å². The van der Waals surface area contributed by atoms with E-state index in [4.69, 9.17) is 0 Å². The van der Waals surface area contributed by atoms with Crippen molar-refractivity contribution in [2.75, 3.05) is 13.1 Å². The molecule has 2 nitrogen and oxygen atoms in total. The van der Waals surface area contributed by atoms with Gasteiger partial charge < -0.3 is 10.1 Å². The van der Waals surface area contributed by atoms with Gasteiger partial charge in [-0.15, -0.1) is 0 Å². The van der Waals surface area contributed by atoms with E-state index in [2.05, 4.69) is 12.2 Å². The van der Waals surface area contributed by atoms with E-state index in [0.29, 0.717) is 5.92 Å². The molecule has 1 rings (SSSR count). The maximum absolute atomic E-state index is 10.5. The molecular formula is C10H19NO. The van der Waals surface area contributed by atoms with E-state index in [1.165, 1.54) is 12.8 Å². The molecule has 0 heterocycles. The summed E-state index contributed by atoms with van der Waals surface area (Å²) >= 11 is 0. The highest BCUT2D eigenvalue weighted by Gasteiger charge is 2.19. The molecule has 0 amide bonds. The molecular weight excluding hydrogens is 150 g/mol. The van der Waals surface area contributed by atoms with Crippen LogP contribution in [0.25, 0.3) is 0 Å². The smallest absolute Gasteiger partial charge is 0.123 e. The molecule has 0 aromatic heterocycles. The molecule has 12 heavy (non-hydrogen) atoms. The zero-order valence-electron chi connectivity index (χ0n) is 7.88. The summed E-state index contributed by atoms with van der Waals surface area (Å²) in [6.07, 6.45) is 5.81. The first-order chi connectivity index (χ1) is 5.86. The van der Waals surface area contributed by atoms with Crippen molar-refractivity contribution in [2.24, 2.45) is 11.8 Å². The predicted octanol–water partition coefficient (Wildman–Crippen LogP) is 1.60. The van der Waals surface area contributed by atoms with Gasteiger partial charge in [0.2, 0.25) is 0 Å². The fraction of sp³-hybridized carbons (Fsp3) is 0.900. The lowest BCUT2D eigenvalue weighted by atomic mass is 9.83. The second-order valence-electron chi connectivity index (χ2n) is 3.72. The first kappa shape index (κ1) is 9.72. The fourth-order valence-corrected chi connectivity index (χ4v) is 1.88. The van der Waals surface area contributed by atoms with Crippen molar-refractivity contribution in [3.8, 4) is 0 Å². The molecule has 1 saturated carbocycles. The molecule has 70 valence electrons. The topological polar surface area (TPSA) is 29.1 Å². The molecule has 1 aliphatic carbocycles. The highest BCUT2D eigenvalue weighted by Crippen LogP contribution is 2.26. The molecule has 0 radical (unpaired) electrons. The number of aldehydes is 1. The Labute approximate surface area is 74.7 Å². The van der Waals surface area contributed by atoms with Crippen LogP contribution < -0.4 is 5.32 Å². The van der Waals surface area contributed by atoms with Gasteiger partial charge in [0.25, 0.3) is 0 Å². The van der Waals surface area contributed by atoms with Crippen molar-refractivity contribution in [2.45, 2.75) is 32.6 Å². The van der Waals surface area contributed by atoms with Gasteiger partial charge in [-0.1, -0.05) is 6.92 Å². The maximum Gasteiger partial charge on any atom is 0.123 e. The number of carbonyl (C=O) groups excluding carboxylic acids is 1. The summed E-state index contributed by atoms with van der Waals surface area (Å²) < 4.78 is 0. The van der Waals surface area contributed by atoms with Crippen LogP contribution in [0, 0.1) is 11.8 Å². The van der Waals surface area contributed by atoms with Crippen LogP contribution in [0.5, 0.6) is 0 Å². The highest BCUT2D eigenvalue weighted by molar-refractivity contribution is 5.53. The van der Waals surface area contributed by atoms with Gasteiger partial charge in [0, 0.05) is 5.92 Å². The number of hydrogen-bond acceptors (Lipinski definition) is 2. The normalized spacial score (nSPS) is 30.1. The van der Waals surface area contributed by atoms with E-state index >= 15 is 0 Å². The Kier molecular flexibility index (Phi) is 4.30. The molecule has 1 fully saturated rings. The number of hydrogen-bond donors (Lipinski definition) is 1. The van der Waals surface area contributed by atoms with Gasteiger partial charge in [0.15, 0.2) is 0 Å². The lowest BCUT2D eigenvalue weighted by Gasteiger charge is -2.25. The Balaban J connectivity index is 2.12. The Morgan fingerprint density at radius 3 is 2.50 bits per heavy atom. The van der Waals surface area contributed by atoms with Crippen LogP contribution in [0.15, 0.2) is 0 Å². The second kappa shape index (κ2) is 5.31. The monoisotopic (exact) mass is 169 g/mol. The van der Waals surface area contributed by atoms with Gasteiger partial charge in [-0.25, -0.2) is 0 Å². The molecule has 0 aromatic carbocycles. The lowest BCUT2D eigenvalue weighted by molar-refractivity contribution is -0.112. The second-order valence-corrected chi connectivity index (χ2v) is 3.72. The summed E-state index contributed by atoms with van der Waals surface area (Å²) in [5.74, 6) is 1.18.